The number of rotatable bonds is 2. The zero-order chi connectivity index (χ0) is 13.1. The van der Waals surface area contributed by atoms with Gasteiger partial charge in [0.15, 0.2) is 0 Å². The van der Waals surface area contributed by atoms with Gasteiger partial charge in [0.25, 0.3) is 0 Å². The highest BCUT2D eigenvalue weighted by molar-refractivity contribution is 6.30. The van der Waals surface area contributed by atoms with E-state index in [4.69, 9.17) is 21.6 Å². The van der Waals surface area contributed by atoms with E-state index in [0.717, 1.165) is 22.6 Å². The van der Waals surface area contributed by atoms with Crippen LogP contribution in [-0.4, -0.2) is 12.1 Å². The standard InChI is InChI=1S/C14H11ClN2O/c1-9-7-13(17-14(15)12(9)8-16)10-3-5-11(18-2)6-4-10/h3-7H,1-2H3. The minimum atomic E-state index is 0.239. The maximum Gasteiger partial charge on any atom is 0.147 e. The lowest BCUT2D eigenvalue weighted by molar-refractivity contribution is 0.415. The Morgan fingerprint density at radius 1 is 1.28 bits per heavy atom. The molecule has 0 aliphatic carbocycles. The summed E-state index contributed by atoms with van der Waals surface area (Å²) in [4.78, 5) is 4.23. The Morgan fingerprint density at radius 2 is 1.94 bits per heavy atom. The number of hydrogen-bond acceptors (Lipinski definition) is 3. The van der Waals surface area contributed by atoms with E-state index in [9.17, 15) is 0 Å². The fourth-order valence-corrected chi connectivity index (χ4v) is 1.96. The first-order valence-electron chi connectivity index (χ1n) is 5.37. The van der Waals surface area contributed by atoms with Gasteiger partial charge in [0.2, 0.25) is 0 Å². The van der Waals surface area contributed by atoms with Crippen LogP contribution >= 0.6 is 11.6 Å². The van der Waals surface area contributed by atoms with Gasteiger partial charge in [-0.2, -0.15) is 5.26 Å². The third kappa shape index (κ3) is 2.29. The lowest BCUT2D eigenvalue weighted by Crippen LogP contribution is -1.92. The summed E-state index contributed by atoms with van der Waals surface area (Å²) >= 11 is 5.98. The molecular formula is C14H11ClN2O. The normalized spacial score (nSPS) is 9.89. The maximum atomic E-state index is 8.94. The fourth-order valence-electron chi connectivity index (χ4n) is 1.68. The lowest BCUT2D eigenvalue weighted by Gasteiger charge is -2.06. The molecule has 0 amide bonds. The molecule has 0 bridgehead atoms. The van der Waals surface area contributed by atoms with Crippen LogP contribution in [0, 0.1) is 18.3 Å². The van der Waals surface area contributed by atoms with Crippen LogP contribution < -0.4 is 4.74 Å². The quantitative estimate of drug-likeness (QED) is 0.774. The van der Waals surface area contributed by atoms with Gasteiger partial charge in [-0.05, 0) is 42.8 Å². The smallest absolute Gasteiger partial charge is 0.147 e. The summed E-state index contributed by atoms with van der Waals surface area (Å²) < 4.78 is 5.10. The van der Waals surface area contributed by atoms with Crippen LogP contribution in [0.25, 0.3) is 11.3 Å². The predicted octanol–water partition coefficient (Wildman–Crippen LogP) is 3.59. The number of aromatic nitrogens is 1. The van der Waals surface area contributed by atoms with Crippen molar-refractivity contribution in [3.63, 3.8) is 0 Å². The molecule has 1 aromatic heterocycles. The summed E-state index contributed by atoms with van der Waals surface area (Å²) in [5.41, 5.74) is 2.93. The molecule has 0 saturated carbocycles. The van der Waals surface area contributed by atoms with Crippen molar-refractivity contribution in [1.82, 2.24) is 4.98 Å². The first-order chi connectivity index (χ1) is 8.65. The molecule has 0 atom stereocenters. The molecule has 0 radical (unpaired) electrons. The van der Waals surface area contributed by atoms with Gasteiger partial charge in [0, 0.05) is 5.56 Å². The van der Waals surface area contributed by atoms with E-state index in [1.54, 1.807) is 7.11 Å². The first kappa shape index (κ1) is 12.4. The Kier molecular flexibility index (Phi) is 3.50. The molecule has 3 nitrogen and oxygen atoms in total. The molecule has 1 aromatic carbocycles. The molecule has 0 spiro atoms. The van der Waals surface area contributed by atoms with Crippen molar-refractivity contribution in [2.75, 3.05) is 7.11 Å². The highest BCUT2D eigenvalue weighted by atomic mass is 35.5. The Balaban J connectivity index is 2.48. The minimum absolute atomic E-state index is 0.239. The molecule has 0 fully saturated rings. The van der Waals surface area contributed by atoms with Crippen molar-refractivity contribution >= 4 is 11.6 Å². The molecule has 0 saturated heterocycles. The first-order valence-corrected chi connectivity index (χ1v) is 5.75. The monoisotopic (exact) mass is 258 g/mol. The molecular weight excluding hydrogens is 248 g/mol. The van der Waals surface area contributed by atoms with Crippen molar-refractivity contribution in [3.8, 4) is 23.1 Å². The summed E-state index contributed by atoms with van der Waals surface area (Å²) in [6.45, 7) is 1.85. The van der Waals surface area contributed by atoms with E-state index in [1.165, 1.54) is 0 Å². The van der Waals surface area contributed by atoms with Crippen LogP contribution in [0.5, 0.6) is 5.75 Å². The molecule has 2 aromatic rings. The number of hydrogen-bond donors (Lipinski definition) is 0. The van der Waals surface area contributed by atoms with Crippen molar-refractivity contribution in [1.29, 1.82) is 5.26 Å². The average Bonchev–Trinajstić information content (AvgIpc) is 2.38. The van der Waals surface area contributed by atoms with E-state index in [-0.39, 0.29) is 5.15 Å². The summed E-state index contributed by atoms with van der Waals surface area (Å²) in [5, 5.41) is 9.18. The third-order valence-electron chi connectivity index (χ3n) is 2.67. The van der Waals surface area contributed by atoms with Crippen LogP contribution in [0.3, 0.4) is 0 Å². The van der Waals surface area contributed by atoms with Crippen molar-refractivity contribution in [2.45, 2.75) is 6.92 Å². The Morgan fingerprint density at radius 3 is 2.44 bits per heavy atom. The second-order valence-electron chi connectivity index (χ2n) is 3.83. The third-order valence-corrected chi connectivity index (χ3v) is 2.94. The van der Waals surface area contributed by atoms with E-state index in [0.29, 0.717) is 5.56 Å². The summed E-state index contributed by atoms with van der Waals surface area (Å²) in [5.74, 6) is 0.787. The largest absolute Gasteiger partial charge is 0.497 e. The molecule has 1 heterocycles. The number of aryl methyl sites for hydroxylation is 1. The zero-order valence-electron chi connectivity index (χ0n) is 10.1. The van der Waals surface area contributed by atoms with Gasteiger partial charge in [0.1, 0.15) is 17.0 Å². The van der Waals surface area contributed by atoms with Gasteiger partial charge >= 0.3 is 0 Å². The zero-order valence-corrected chi connectivity index (χ0v) is 10.8. The molecule has 18 heavy (non-hydrogen) atoms. The molecule has 0 N–H and O–H groups in total. The molecule has 4 heteroatoms. The Bertz CT molecular complexity index is 592. The van der Waals surface area contributed by atoms with E-state index in [1.807, 2.05) is 43.3 Å². The average molecular weight is 259 g/mol. The van der Waals surface area contributed by atoms with E-state index >= 15 is 0 Å². The number of benzene rings is 1. The summed E-state index contributed by atoms with van der Waals surface area (Å²) in [6.07, 6.45) is 0. The van der Waals surface area contributed by atoms with Crippen LogP contribution in [0.1, 0.15) is 11.1 Å². The van der Waals surface area contributed by atoms with Crippen molar-refractivity contribution < 1.29 is 4.74 Å². The van der Waals surface area contributed by atoms with E-state index in [2.05, 4.69) is 4.98 Å². The van der Waals surface area contributed by atoms with Crippen LogP contribution in [0.15, 0.2) is 30.3 Å². The van der Waals surface area contributed by atoms with Crippen LogP contribution in [0.4, 0.5) is 0 Å². The fraction of sp³-hybridized carbons (Fsp3) is 0.143. The molecule has 2 rings (SSSR count). The number of methoxy groups -OCH3 is 1. The minimum Gasteiger partial charge on any atom is -0.497 e. The van der Waals surface area contributed by atoms with Gasteiger partial charge in [-0.15, -0.1) is 0 Å². The molecule has 0 unspecified atom stereocenters. The van der Waals surface area contributed by atoms with Crippen LogP contribution in [-0.2, 0) is 0 Å². The second kappa shape index (κ2) is 5.07. The molecule has 0 aliphatic heterocycles. The summed E-state index contributed by atoms with van der Waals surface area (Å²) in [6, 6.07) is 11.4. The summed E-state index contributed by atoms with van der Waals surface area (Å²) in [7, 11) is 1.62. The number of pyridine rings is 1. The number of nitrogens with zero attached hydrogens (tertiary/aromatic N) is 2. The number of ether oxygens (including phenoxy) is 1. The van der Waals surface area contributed by atoms with E-state index < -0.39 is 0 Å². The lowest BCUT2D eigenvalue weighted by atomic mass is 10.1. The van der Waals surface area contributed by atoms with Gasteiger partial charge in [-0.25, -0.2) is 4.98 Å². The Labute approximate surface area is 111 Å². The number of nitriles is 1. The van der Waals surface area contributed by atoms with Gasteiger partial charge in [0.05, 0.1) is 18.4 Å². The molecule has 0 aliphatic rings. The second-order valence-corrected chi connectivity index (χ2v) is 4.19. The van der Waals surface area contributed by atoms with Crippen molar-refractivity contribution in [3.05, 3.63) is 46.6 Å². The van der Waals surface area contributed by atoms with Gasteiger partial charge in [-0.1, -0.05) is 11.6 Å². The highest BCUT2D eigenvalue weighted by Gasteiger charge is 2.09. The molecule has 90 valence electrons. The van der Waals surface area contributed by atoms with Gasteiger partial charge in [-0.3, -0.25) is 0 Å². The Hall–Kier alpha value is -2.05. The van der Waals surface area contributed by atoms with Crippen molar-refractivity contribution in [2.24, 2.45) is 0 Å². The van der Waals surface area contributed by atoms with Gasteiger partial charge < -0.3 is 4.74 Å². The highest BCUT2D eigenvalue weighted by Crippen LogP contribution is 2.25. The SMILES string of the molecule is COc1ccc(-c2cc(C)c(C#N)c(Cl)n2)cc1. The maximum absolute atomic E-state index is 8.94. The predicted molar refractivity (Wildman–Crippen MR) is 70.7 cm³/mol. The van der Waals surface area contributed by atoms with Crippen LogP contribution in [0.2, 0.25) is 5.15 Å². The number of halogens is 1. The topological polar surface area (TPSA) is 45.9 Å².